The summed E-state index contributed by atoms with van der Waals surface area (Å²) in [6, 6.07) is 12.4. The van der Waals surface area contributed by atoms with E-state index in [-0.39, 0.29) is 36.4 Å². The number of Topliss-reactive ketones (excluding diaryl/α,β-unsaturated/α-hetero) is 1. The second kappa shape index (κ2) is 9.57. The maximum absolute atomic E-state index is 14.1. The van der Waals surface area contributed by atoms with Crippen LogP contribution >= 0.6 is 0 Å². The number of aliphatic carboxylic acids is 1. The number of rotatable bonds is 8. The largest absolute Gasteiger partial charge is 0.480 e. The fourth-order valence-corrected chi connectivity index (χ4v) is 4.81. The number of carboxylic acids is 1. The van der Waals surface area contributed by atoms with Crippen molar-refractivity contribution in [1.82, 2.24) is 9.88 Å². The predicted octanol–water partition coefficient (Wildman–Crippen LogP) is 4.45. The van der Waals surface area contributed by atoms with Crippen LogP contribution in [-0.4, -0.2) is 33.4 Å². The maximum Gasteiger partial charge on any atom is 0.326 e. The van der Waals surface area contributed by atoms with Crippen molar-refractivity contribution in [2.75, 3.05) is 0 Å². The molecule has 6 nitrogen and oxygen atoms in total. The van der Waals surface area contributed by atoms with Crippen LogP contribution in [0.4, 0.5) is 4.39 Å². The van der Waals surface area contributed by atoms with E-state index < -0.39 is 12.0 Å². The normalized spacial score (nSPS) is 16.2. The molecule has 1 aliphatic rings. The summed E-state index contributed by atoms with van der Waals surface area (Å²) < 4.78 is 15.9. The van der Waals surface area contributed by atoms with Crippen LogP contribution in [0, 0.1) is 5.82 Å². The highest BCUT2D eigenvalue weighted by Crippen LogP contribution is 2.36. The van der Waals surface area contributed by atoms with Gasteiger partial charge in [-0.1, -0.05) is 37.3 Å². The highest BCUT2D eigenvalue weighted by atomic mass is 19.1. The maximum atomic E-state index is 14.1. The molecule has 1 heterocycles. The van der Waals surface area contributed by atoms with Crippen molar-refractivity contribution in [1.29, 1.82) is 0 Å². The summed E-state index contributed by atoms with van der Waals surface area (Å²) >= 11 is 0. The third-order valence-corrected chi connectivity index (χ3v) is 6.39. The molecule has 0 spiro atoms. The Morgan fingerprint density at radius 3 is 2.61 bits per heavy atom. The average molecular weight is 451 g/mol. The van der Waals surface area contributed by atoms with Crippen LogP contribution in [0.25, 0.3) is 10.9 Å². The number of nitrogens with zero attached hydrogens (tertiary/aromatic N) is 1. The molecule has 1 aromatic heterocycles. The molecule has 0 radical (unpaired) electrons. The summed E-state index contributed by atoms with van der Waals surface area (Å²) in [4.78, 5) is 36.7. The van der Waals surface area contributed by atoms with Gasteiger partial charge in [-0.05, 0) is 49.4 Å². The standard InChI is InChI=1S/C26H27FN2O4/c1-2-21(26(32)33)29-22-10-8-17(27)14-19(22)20-15-18(9-11-23(20)29)28-25(31)13-12-24(30)16-6-4-3-5-7-16/h3-8,10,14,18,21H,2,9,11-13,15H2,1H3,(H,28,31)(H,32,33)/t18-,21?/m0/s1. The Morgan fingerprint density at radius 1 is 1.15 bits per heavy atom. The van der Waals surface area contributed by atoms with E-state index in [2.05, 4.69) is 5.32 Å². The van der Waals surface area contributed by atoms with E-state index in [0.717, 1.165) is 11.3 Å². The molecule has 4 rings (SSSR count). The fraction of sp³-hybridized carbons (Fsp3) is 0.346. The lowest BCUT2D eigenvalue weighted by Crippen LogP contribution is -2.39. The molecule has 1 unspecified atom stereocenters. The van der Waals surface area contributed by atoms with Gasteiger partial charge in [-0.25, -0.2) is 9.18 Å². The first-order chi connectivity index (χ1) is 15.9. The number of carbonyl (C=O) groups is 3. The van der Waals surface area contributed by atoms with Gasteiger partial charge in [-0.15, -0.1) is 0 Å². The van der Waals surface area contributed by atoms with Crippen LogP contribution in [0.15, 0.2) is 48.5 Å². The second-order valence-electron chi connectivity index (χ2n) is 8.52. The minimum absolute atomic E-state index is 0.0745. The summed E-state index contributed by atoms with van der Waals surface area (Å²) in [5.74, 6) is -1.56. The molecule has 0 saturated heterocycles. The van der Waals surface area contributed by atoms with Crippen molar-refractivity contribution < 1.29 is 23.9 Å². The Bertz CT molecular complexity index is 1200. The van der Waals surface area contributed by atoms with Crippen molar-refractivity contribution in [3.05, 3.63) is 71.2 Å². The number of benzene rings is 2. The van der Waals surface area contributed by atoms with Crippen LogP contribution < -0.4 is 5.32 Å². The van der Waals surface area contributed by atoms with E-state index in [1.165, 1.54) is 12.1 Å². The average Bonchev–Trinajstić information content (AvgIpc) is 3.11. The van der Waals surface area contributed by atoms with Crippen molar-refractivity contribution in [3.63, 3.8) is 0 Å². The molecule has 2 N–H and O–H groups in total. The molecule has 1 aliphatic carbocycles. The van der Waals surface area contributed by atoms with Gasteiger partial charge in [0.15, 0.2) is 5.78 Å². The quantitative estimate of drug-likeness (QED) is 0.496. The highest BCUT2D eigenvalue weighted by Gasteiger charge is 2.31. The molecule has 0 bridgehead atoms. The van der Waals surface area contributed by atoms with Gasteiger partial charge in [0.1, 0.15) is 11.9 Å². The Kier molecular flexibility index (Phi) is 6.58. The van der Waals surface area contributed by atoms with Crippen LogP contribution in [0.1, 0.15) is 60.3 Å². The van der Waals surface area contributed by atoms with Gasteiger partial charge in [0.25, 0.3) is 0 Å². The van der Waals surface area contributed by atoms with Crippen LogP contribution in [0.3, 0.4) is 0 Å². The lowest BCUT2D eigenvalue weighted by molar-refractivity contribution is -0.141. The second-order valence-corrected chi connectivity index (χ2v) is 8.52. The summed E-state index contributed by atoms with van der Waals surface area (Å²) in [7, 11) is 0. The molecule has 0 aliphatic heterocycles. The molecule has 3 aromatic rings. The molecular weight excluding hydrogens is 423 g/mol. The summed E-state index contributed by atoms with van der Waals surface area (Å²) in [6.07, 6.45) is 2.39. The van der Waals surface area contributed by atoms with Crippen LogP contribution in [0.2, 0.25) is 0 Å². The smallest absolute Gasteiger partial charge is 0.326 e. The highest BCUT2D eigenvalue weighted by molar-refractivity contribution is 5.98. The zero-order chi connectivity index (χ0) is 23.5. The minimum atomic E-state index is -0.917. The lowest BCUT2D eigenvalue weighted by Gasteiger charge is -2.26. The topological polar surface area (TPSA) is 88.4 Å². The van der Waals surface area contributed by atoms with Crippen LogP contribution in [-0.2, 0) is 22.4 Å². The number of hydrogen-bond acceptors (Lipinski definition) is 3. The number of halogens is 1. The van der Waals surface area contributed by atoms with Crippen molar-refractivity contribution >= 4 is 28.6 Å². The van der Waals surface area contributed by atoms with Gasteiger partial charge >= 0.3 is 5.97 Å². The van der Waals surface area contributed by atoms with Gasteiger partial charge in [0.2, 0.25) is 5.91 Å². The Labute approximate surface area is 191 Å². The number of ketones is 1. The molecule has 7 heteroatoms. The molecule has 33 heavy (non-hydrogen) atoms. The molecular formula is C26H27FN2O4. The Balaban J connectivity index is 1.50. The molecule has 172 valence electrons. The first-order valence-corrected chi connectivity index (χ1v) is 11.3. The molecule has 1 amide bonds. The monoisotopic (exact) mass is 450 g/mol. The van der Waals surface area contributed by atoms with Gasteiger partial charge < -0.3 is 15.0 Å². The van der Waals surface area contributed by atoms with Crippen molar-refractivity contribution in [2.45, 2.75) is 57.5 Å². The Hall–Kier alpha value is -3.48. The van der Waals surface area contributed by atoms with Gasteiger partial charge in [-0.3, -0.25) is 9.59 Å². The number of fused-ring (bicyclic) bond motifs is 3. The Morgan fingerprint density at radius 2 is 1.91 bits per heavy atom. The van der Waals surface area contributed by atoms with Crippen molar-refractivity contribution in [3.8, 4) is 0 Å². The number of hydrogen-bond donors (Lipinski definition) is 2. The summed E-state index contributed by atoms with van der Waals surface area (Å²) in [5.41, 5.74) is 3.08. The summed E-state index contributed by atoms with van der Waals surface area (Å²) in [6.45, 7) is 1.82. The first-order valence-electron chi connectivity index (χ1n) is 11.3. The number of amides is 1. The number of carboxylic acid groups (broad SMARTS) is 1. The predicted molar refractivity (Wildman–Crippen MR) is 123 cm³/mol. The molecule has 2 atom stereocenters. The number of nitrogens with one attached hydrogen (secondary N) is 1. The molecule has 0 saturated carbocycles. The SMILES string of the molecule is CCC(C(=O)O)n1c2c(c3cc(F)ccc31)C[C@@H](NC(=O)CCC(=O)c1ccccc1)CC2. The van der Waals surface area contributed by atoms with E-state index in [9.17, 15) is 23.9 Å². The molecule has 0 fully saturated rings. The number of carbonyl (C=O) groups excluding carboxylic acids is 2. The van der Waals surface area contributed by atoms with Crippen molar-refractivity contribution in [2.24, 2.45) is 0 Å². The lowest BCUT2D eigenvalue weighted by atomic mass is 9.91. The summed E-state index contributed by atoms with van der Waals surface area (Å²) in [5, 5.41) is 13.4. The van der Waals surface area contributed by atoms with E-state index >= 15 is 0 Å². The van der Waals surface area contributed by atoms with E-state index in [1.807, 2.05) is 17.6 Å². The van der Waals surface area contributed by atoms with E-state index in [1.54, 1.807) is 30.3 Å². The third kappa shape index (κ3) is 4.67. The third-order valence-electron chi connectivity index (χ3n) is 6.39. The van der Waals surface area contributed by atoms with E-state index in [4.69, 9.17) is 0 Å². The van der Waals surface area contributed by atoms with Crippen LogP contribution in [0.5, 0.6) is 0 Å². The van der Waals surface area contributed by atoms with Gasteiger partial charge in [-0.2, -0.15) is 0 Å². The van der Waals surface area contributed by atoms with E-state index in [0.29, 0.717) is 42.1 Å². The molecule has 2 aromatic carbocycles. The fourth-order valence-electron chi connectivity index (χ4n) is 4.81. The zero-order valence-electron chi connectivity index (χ0n) is 18.5. The minimum Gasteiger partial charge on any atom is -0.480 e. The first kappa shape index (κ1) is 22.7. The number of aromatic nitrogens is 1. The van der Waals surface area contributed by atoms with Gasteiger partial charge in [0, 0.05) is 41.0 Å². The zero-order valence-corrected chi connectivity index (χ0v) is 18.5. The van der Waals surface area contributed by atoms with Gasteiger partial charge in [0.05, 0.1) is 0 Å².